The molecular weight excluding hydrogens is 412 g/mol. The summed E-state index contributed by atoms with van der Waals surface area (Å²) in [4.78, 5) is 25.4. The maximum Gasteiger partial charge on any atom is 0.257 e. The number of halogens is 1. The van der Waals surface area contributed by atoms with Crippen LogP contribution >= 0.6 is 11.6 Å². The van der Waals surface area contributed by atoms with Crippen LogP contribution in [0.5, 0.6) is 0 Å². The number of carbonyl (C=O) groups excluding carboxylic acids is 1. The first-order valence-electron chi connectivity index (χ1n) is 9.45. The molecule has 0 radical (unpaired) electrons. The largest absolute Gasteiger partial charge is 0.322 e. The van der Waals surface area contributed by atoms with Crippen molar-refractivity contribution < 1.29 is 4.79 Å². The van der Waals surface area contributed by atoms with Crippen LogP contribution in [0.2, 0.25) is 5.02 Å². The first-order valence-corrected chi connectivity index (χ1v) is 9.83. The van der Waals surface area contributed by atoms with Crippen LogP contribution in [0.25, 0.3) is 27.8 Å². The second kappa shape index (κ2) is 7.97. The van der Waals surface area contributed by atoms with Crippen molar-refractivity contribution in [2.24, 2.45) is 0 Å². The van der Waals surface area contributed by atoms with Crippen molar-refractivity contribution in [2.75, 3.05) is 5.32 Å². The molecule has 0 bridgehead atoms. The van der Waals surface area contributed by atoms with Gasteiger partial charge in [0.1, 0.15) is 12.7 Å². The predicted octanol–water partition coefficient (Wildman–Crippen LogP) is 4.78. The van der Waals surface area contributed by atoms with Gasteiger partial charge >= 0.3 is 0 Å². The molecule has 8 heteroatoms. The molecule has 2 aromatic carbocycles. The molecule has 31 heavy (non-hydrogen) atoms. The lowest BCUT2D eigenvalue weighted by Gasteiger charge is -2.11. The highest BCUT2D eigenvalue weighted by atomic mass is 35.5. The molecule has 3 aromatic heterocycles. The molecule has 0 aliphatic rings. The Balaban J connectivity index is 1.43. The van der Waals surface area contributed by atoms with Crippen LogP contribution in [-0.4, -0.2) is 30.6 Å². The molecule has 0 spiro atoms. The van der Waals surface area contributed by atoms with Crippen LogP contribution in [0.15, 0.2) is 85.7 Å². The lowest BCUT2D eigenvalue weighted by atomic mass is 10.0. The maximum atomic E-state index is 12.7. The number of hydrogen-bond acceptors (Lipinski definition) is 5. The lowest BCUT2D eigenvalue weighted by Crippen LogP contribution is -2.12. The van der Waals surface area contributed by atoms with E-state index in [9.17, 15) is 4.79 Å². The van der Waals surface area contributed by atoms with Gasteiger partial charge in [0.2, 0.25) is 0 Å². The van der Waals surface area contributed by atoms with E-state index in [4.69, 9.17) is 11.6 Å². The molecule has 0 unspecified atom stereocenters. The smallest absolute Gasteiger partial charge is 0.257 e. The van der Waals surface area contributed by atoms with Gasteiger partial charge in [0.05, 0.1) is 16.3 Å². The molecule has 0 atom stereocenters. The number of anilines is 1. The van der Waals surface area contributed by atoms with Gasteiger partial charge in [0.25, 0.3) is 5.91 Å². The monoisotopic (exact) mass is 426 g/mol. The first kappa shape index (κ1) is 18.9. The van der Waals surface area contributed by atoms with E-state index in [0.717, 1.165) is 22.0 Å². The number of hydrogen-bond donors (Lipinski definition) is 1. The molecule has 0 aliphatic carbocycles. The van der Waals surface area contributed by atoms with Crippen molar-refractivity contribution in [1.82, 2.24) is 24.7 Å². The van der Waals surface area contributed by atoms with E-state index >= 15 is 0 Å². The zero-order valence-corrected chi connectivity index (χ0v) is 16.9. The number of nitrogens with one attached hydrogen (secondary N) is 1. The summed E-state index contributed by atoms with van der Waals surface area (Å²) >= 11 is 6.47. The van der Waals surface area contributed by atoms with Crippen LogP contribution < -0.4 is 5.32 Å². The van der Waals surface area contributed by atoms with E-state index in [2.05, 4.69) is 25.4 Å². The first-order chi connectivity index (χ1) is 15.2. The summed E-state index contributed by atoms with van der Waals surface area (Å²) in [6.45, 7) is 0. The van der Waals surface area contributed by atoms with Crippen molar-refractivity contribution in [1.29, 1.82) is 0 Å². The zero-order chi connectivity index (χ0) is 21.2. The van der Waals surface area contributed by atoms with E-state index in [1.807, 2.05) is 36.4 Å². The minimum absolute atomic E-state index is 0.281. The second-order valence-corrected chi connectivity index (χ2v) is 7.18. The van der Waals surface area contributed by atoms with Gasteiger partial charge in [-0.3, -0.25) is 9.78 Å². The number of amides is 1. The third kappa shape index (κ3) is 3.74. The van der Waals surface area contributed by atoms with Gasteiger partial charge in [-0.05, 0) is 41.8 Å². The molecule has 0 saturated carbocycles. The van der Waals surface area contributed by atoms with E-state index in [1.54, 1.807) is 36.8 Å². The van der Waals surface area contributed by atoms with Crippen molar-refractivity contribution in [3.8, 4) is 17.1 Å². The normalized spacial score (nSPS) is 10.9. The number of pyridine rings is 2. The lowest BCUT2D eigenvalue weighted by molar-refractivity contribution is 0.102. The molecule has 150 valence electrons. The van der Waals surface area contributed by atoms with Crippen LogP contribution in [0, 0.1) is 0 Å². The third-order valence-corrected chi connectivity index (χ3v) is 5.15. The average Bonchev–Trinajstić information content (AvgIpc) is 3.35. The Morgan fingerprint density at radius 1 is 1.00 bits per heavy atom. The van der Waals surface area contributed by atoms with Crippen molar-refractivity contribution in [3.05, 3.63) is 96.3 Å². The molecule has 1 N–H and O–H groups in total. The fourth-order valence-electron chi connectivity index (χ4n) is 3.30. The van der Waals surface area contributed by atoms with E-state index in [0.29, 0.717) is 22.1 Å². The average molecular weight is 427 g/mol. The van der Waals surface area contributed by atoms with Gasteiger partial charge < -0.3 is 5.32 Å². The van der Waals surface area contributed by atoms with E-state index in [1.165, 1.54) is 17.2 Å². The van der Waals surface area contributed by atoms with E-state index < -0.39 is 0 Å². The summed E-state index contributed by atoms with van der Waals surface area (Å²) in [6.07, 6.45) is 6.21. The minimum Gasteiger partial charge on any atom is -0.322 e. The Hall–Kier alpha value is -4.10. The van der Waals surface area contributed by atoms with Crippen LogP contribution in [-0.2, 0) is 0 Å². The molecule has 0 saturated heterocycles. The highest BCUT2D eigenvalue weighted by Crippen LogP contribution is 2.33. The Morgan fingerprint density at radius 3 is 2.71 bits per heavy atom. The number of aromatic nitrogens is 5. The summed E-state index contributed by atoms with van der Waals surface area (Å²) in [5.74, 6) is 0.293. The van der Waals surface area contributed by atoms with Gasteiger partial charge in [-0.2, -0.15) is 5.10 Å². The molecule has 0 fully saturated rings. The molecule has 1 amide bonds. The van der Waals surface area contributed by atoms with Crippen LogP contribution in [0.3, 0.4) is 0 Å². The quantitative estimate of drug-likeness (QED) is 0.447. The Kier molecular flexibility index (Phi) is 4.86. The van der Waals surface area contributed by atoms with Gasteiger partial charge in [0, 0.05) is 29.0 Å². The zero-order valence-electron chi connectivity index (χ0n) is 16.1. The van der Waals surface area contributed by atoms with Crippen molar-refractivity contribution in [3.63, 3.8) is 0 Å². The number of rotatable bonds is 4. The molecule has 7 nitrogen and oxygen atoms in total. The highest BCUT2D eigenvalue weighted by Gasteiger charge is 2.13. The van der Waals surface area contributed by atoms with Crippen molar-refractivity contribution in [2.45, 2.75) is 0 Å². The molecule has 0 aliphatic heterocycles. The summed E-state index contributed by atoms with van der Waals surface area (Å²) in [5.41, 5.74) is 2.54. The number of benzene rings is 2. The highest BCUT2D eigenvalue weighted by molar-refractivity contribution is 6.33. The number of nitrogens with zero attached hydrogens (tertiary/aromatic N) is 5. The molecule has 5 aromatic rings. The number of fused-ring (bicyclic) bond motifs is 1. The molecule has 3 heterocycles. The summed E-state index contributed by atoms with van der Waals surface area (Å²) in [5, 5.41) is 9.53. The molecule has 5 rings (SSSR count). The topological polar surface area (TPSA) is 85.6 Å². The standard InChI is InChI=1S/C23H15ClN6O/c24-20-7-6-17(11-19(20)22-18-4-2-1-3-15(18)9-10-26-22)29-23(31)16-5-8-21(27-12-16)30-14-25-13-28-30/h1-14H,(H,29,31). The SMILES string of the molecule is O=C(Nc1ccc(Cl)c(-c2nccc3ccccc23)c1)c1ccc(-n2cncn2)nc1. The summed E-state index contributed by atoms with van der Waals surface area (Å²) < 4.78 is 1.52. The second-order valence-electron chi connectivity index (χ2n) is 6.77. The Morgan fingerprint density at radius 2 is 1.90 bits per heavy atom. The van der Waals surface area contributed by atoms with E-state index in [-0.39, 0.29) is 5.91 Å². The van der Waals surface area contributed by atoms with Crippen LogP contribution in [0.1, 0.15) is 10.4 Å². The Labute approximate surface area is 182 Å². The maximum absolute atomic E-state index is 12.7. The van der Waals surface area contributed by atoms with Gasteiger partial charge in [0.15, 0.2) is 5.82 Å². The molecular formula is C23H15ClN6O. The number of carbonyl (C=O) groups is 1. The van der Waals surface area contributed by atoms with Crippen molar-refractivity contribution >= 4 is 34.0 Å². The fraction of sp³-hybridized carbons (Fsp3) is 0. The summed E-state index contributed by atoms with van der Waals surface area (Å²) in [7, 11) is 0. The Bertz CT molecular complexity index is 1380. The predicted molar refractivity (Wildman–Crippen MR) is 119 cm³/mol. The summed E-state index contributed by atoms with van der Waals surface area (Å²) in [6, 6.07) is 18.6. The minimum atomic E-state index is -0.281. The fourth-order valence-corrected chi connectivity index (χ4v) is 3.51. The van der Waals surface area contributed by atoms with Gasteiger partial charge in [-0.15, -0.1) is 0 Å². The van der Waals surface area contributed by atoms with Crippen LogP contribution in [0.4, 0.5) is 5.69 Å². The van der Waals surface area contributed by atoms with Gasteiger partial charge in [-0.1, -0.05) is 35.9 Å². The van der Waals surface area contributed by atoms with Gasteiger partial charge in [-0.25, -0.2) is 14.6 Å². The third-order valence-electron chi connectivity index (χ3n) is 4.82.